The Labute approximate surface area is 198 Å². The number of ether oxygens (including phenoxy) is 2. The lowest BCUT2D eigenvalue weighted by atomic mass is 9.86. The van der Waals surface area contributed by atoms with Gasteiger partial charge in [-0.05, 0) is 43.9 Å². The molecule has 0 aliphatic carbocycles. The van der Waals surface area contributed by atoms with Crippen molar-refractivity contribution in [2.75, 3.05) is 25.6 Å². The number of nitrogens with one attached hydrogen (secondary N) is 1. The number of halogens is 1. The summed E-state index contributed by atoms with van der Waals surface area (Å²) in [5, 5.41) is 24.7. The number of nitrogens with zero attached hydrogens (tertiary/aromatic N) is 3. The minimum absolute atomic E-state index is 0.0149. The van der Waals surface area contributed by atoms with E-state index in [0.29, 0.717) is 46.9 Å². The van der Waals surface area contributed by atoms with Gasteiger partial charge in [0.05, 0.1) is 37.7 Å². The average Bonchev–Trinajstić information content (AvgIpc) is 2.79. The Hall–Kier alpha value is -2.88. The SMILES string of the molecule is COc1cnc(N[C@@H]2CCOC[C@H]2O)nc1-c1cc(F)c2ncc(C(C)(C)O)c(C(C)C)c2c1. The van der Waals surface area contributed by atoms with Crippen LogP contribution in [0.3, 0.4) is 0 Å². The van der Waals surface area contributed by atoms with Crippen molar-refractivity contribution in [1.82, 2.24) is 15.0 Å². The fourth-order valence-corrected chi connectivity index (χ4v) is 4.38. The summed E-state index contributed by atoms with van der Waals surface area (Å²) in [6.07, 6.45) is 3.00. The van der Waals surface area contributed by atoms with Gasteiger partial charge in [0.2, 0.25) is 5.95 Å². The number of aliphatic hydroxyl groups is 2. The Balaban J connectivity index is 1.86. The molecule has 0 radical (unpaired) electrons. The van der Waals surface area contributed by atoms with Crippen LogP contribution < -0.4 is 10.1 Å². The standard InChI is InChI=1S/C25H31FN4O4/c1-13(2)21-15-8-14(9-17(26)23(15)27-10-16(21)25(3,4)32)22-20(33-5)11-28-24(30-22)29-18-6-7-34-12-19(18)31/h8-11,13,18-19,31-32H,6-7,12H2,1-5H3,(H,28,29,30)/t18-,19-/m1/s1. The number of anilines is 1. The molecule has 1 aliphatic heterocycles. The fourth-order valence-electron chi connectivity index (χ4n) is 4.38. The topological polar surface area (TPSA) is 110 Å². The third-order valence-corrected chi connectivity index (χ3v) is 6.09. The smallest absolute Gasteiger partial charge is 0.223 e. The van der Waals surface area contributed by atoms with Gasteiger partial charge in [0.25, 0.3) is 0 Å². The molecule has 1 aliphatic rings. The largest absolute Gasteiger partial charge is 0.493 e. The molecule has 2 atom stereocenters. The molecule has 2 aromatic heterocycles. The van der Waals surface area contributed by atoms with Crippen LogP contribution >= 0.6 is 0 Å². The molecular weight excluding hydrogens is 439 g/mol. The van der Waals surface area contributed by atoms with Crippen LogP contribution in [0.2, 0.25) is 0 Å². The number of fused-ring (bicyclic) bond motifs is 1. The molecule has 9 heteroatoms. The van der Waals surface area contributed by atoms with Crippen molar-refractivity contribution in [2.45, 2.75) is 57.8 Å². The number of rotatable bonds is 6. The van der Waals surface area contributed by atoms with Crippen LogP contribution in [-0.4, -0.2) is 57.6 Å². The van der Waals surface area contributed by atoms with Crippen LogP contribution in [0.15, 0.2) is 24.5 Å². The van der Waals surface area contributed by atoms with E-state index >= 15 is 4.39 Å². The van der Waals surface area contributed by atoms with E-state index in [-0.39, 0.29) is 24.1 Å². The molecule has 0 saturated carbocycles. The summed E-state index contributed by atoms with van der Waals surface area (Å²) in [5.74, 6) is 0.206. The first-order valence-corrected chi connectivity index (χ1v) is 11.4. The molecule has 1 saturated heterocycles. The zero-order valence-electron chi connectivity index (χ0n) is 20.1. The highest BCUT2D eigenvalue weighted by Crippen LogP contribution is 2.38. The number of pyridine rings is 1. The van der Waals surface area contributed by atoms with Crippen molar-refractivity contribution < 1.29 is 24.1 Å². The van der Waals surface area contributed by atoms with Crippen molar-refractivity contribution in [3.05, 3.63) is 41.5 Å². The first-order valence-electron chi connectivity index (χ1n) is 11.4. The maximum atomic E-state index is 15.3. The monoisotopic (exact) mass is 470 g/mol. The lowest BCUT2D eigenvalue weighted by Crippen LogP contribution is -2.42. The van der Waals surface area contributed by atoms with E-state index in [9.17, 15) is 10.2 Å². The van der Waals surface area contributed by atoms with E-state index in [1.54, 1.807) is 20.0 Å². The average molecular weight is 471 g/mol. The summed E-state index contributed by atoms with van der Waals surface area (Å²) >= 11 is 0. The summed E-state index contributed by atoms with van der Waals surface area (Å²) in [5.41, 5.74) is 1.48. The van der Waals surface area contributed by atoms with Crippen molar-refractivity contribution in [3.8, 4) is 17.0 Å². The molecule has 3 N–H and O–H groups in total. The molecule has 4 rings (SSSR count). The van der Waals surface area contributed by atoms with Crippen molar-refractivity contribution >= 4 is 16.9 Å². The number of benzene rings is 1. The molecule has 3 aromatic rings. The fraction of sp³-hybridized carbons (Fsp3) is 0.480. The molecule has 0 spiro atoms. The van der Waals surface area contributed by atoms with Gasteiger partial charge in [-0.25, -0.2) is 14.4 Å². The zero-order valence-corrected chi connectivity index (χ0v) is 20.1. The molecule has 1 fully saturated rings. The van der Waals surface area contributed by atoms with Crippen LogP contribution in [0, 0.1) is 5.82 Å². The van der Waals surface area contributed by atoms with Gasteiger partial charge >= 0.3 is 0 Å². The summed E-state index contributed by atoms with van der Waals surface area (Å²) in [6, 6.07) is 2.95. The van der Waals surface area contributed by atoms with Crippen molar-refractivity contribution in [3.63, 3.8) is 0 Å². The number of hydrogen-bond acceptors (Lipinski definition) is 8. The molecule has 1 aromatic carbocycles. The predicted molar refractivity (Wildman–Crippen MR) is 127 cm³/mol. The number of hydrogen-bond donors (Lipinski definition) is 3. The Kier molecular flexibility index (Phi) is 6.71. The molecule has 0 amide bonds. The molecular formula is C25H31FN4O4. The molecule has 3 heterocycles. The molecule has 8 nitrogen and oxygen atoms in total. The second-order valence-corrected chi connectivity index (χ2v) is 9.45. The maximum Gasteiger partial charge on any atom is 0.223 e. The predicted octanol–water partition coefficient (Wildman–Crippen LogP) is 3.75. The van der Waals surface area contributed by atoms with Gasteiger partial charge in [0.1, 0.15) is 17.0 Å². The van der Waals surface area contributed by atoms with Crippen molar-refractivity contribution in [1.29, 1.82) is 0 Å². The second kappa shape index (κ2) is 9.40. The molecule has 0 unspecified atom stereocenters. The molecule has 0 bridgehead atoms. The quantitative estimate of drug-likeness (QED) is 0.500. The lowest BCUT2D eigenvalue weighted by molar-refractivity contribution is -0.0136. The molecule has 182 valence electrons. The van der Waals surface area contributed by atoms with Gasteiger partial charge in [-0.3, -0.25) is 4.98 Å². The summed E-state index contributed by atoms with van der Waals surface area (Å²) in [7, 11) is 1.50. The van der Waals surface area contributed by atoms with Crippen LogP contribution in [-0.2, 0) is 10.3 Å². The van der Waals surface area contributed by atoms with Crippen LogP contribution in [0.4, 0.5) is 10.3 Å². The number of aromatic nitrogens is 3. The Morgan fingerprint density at radius 2 is 2.00 bits per heavy atom. The Morgan fingerprint density at radius 1 is 1.24 bits per heavy atom. The highest BCUT2D eigenvalue weighted by Gasteiger charge is 2.27. The van der Waals surface area contributed by atoms with E-state index in [1.807, 2.05) is 19.9 Å². The Bertz CT molecular complexity index is 1200. The minimum atomic E-state index is -1.14. The van der Waals surface area contributed by atoms with Gasteiger partial charge in [-0.1, -0.05) is 13.8 Å². The highest BCUT2D eigenvalue weighted by atomic mass is 19.1. The first-order chi connectivity index (χ1) is 16.1. The third kappa shape index (κ3) is 4.68. The summed E-state index contributed by atoms with van der Waals surface area (Å²) < 4.78 is 26.0. The lowest BCUT2D eigenvalue weighted by Gasteiger charge is -2.28. The van der Waals surface area contributed by atoms with Gasteiger partial charge in [-0.15, -0.1) is 0 Å². The van der Waals surface area contributed by atoms with Gasteiger partial charge < -0.3 is 25.0 Å². The minimum Gasteiger partial charge on any atom is -0.493 e. The van der Waals surface area contributed by atoms with Crippen LogP contribution in [0.25, 0.3) is 22.2 Å². The van der Waals surface area contributed by atoms with E-state index in [0.717, 1.165) is 5.56 Å². The first kappa shape index (κ1) is 24.3. The highest BCUT2D eigenvalue weighted by molar-refractivity contribution is 5.89. The van der Waals surface area contributed by atoms with E-state index in [1.165, 1.54) is 19.4 Å². The van der Waals surface area contributed by atoms with Gasteiger partial charge in [0.15, 0.2) is 5.75 Å². The van der Waals surface area contributed by atoms with Gasteiger partial charge in [-0.2, -0.15) is 0 Å². The zero-order chi connectivity index (χ0) is 24.6. The maximum absolute atomic E-state index is 15.3. The van der Waals surface area contributed by atoms with Crippen LogP contribution in [0.5, 0.6) is 5.75 Å². The Morgan fingerprint density at radius 3 is 2.65 bits per heavy atom. The molecule has 34 heavy (non-hydrogen) atoms. The number of methoxy groups -OCH3 is 1. The van der Waals surface area contributed by atoms with Gasteiger partial charge in [0, 0.05) is 29.3 Å². The van der Waals surface area contributed by atoms with E-state index in [4.69, 9.17) is 9.47 Å². The summed E-state index contributed by atoms with van der Waals surface area (Å²) in [6.45, 7) is 8.16. The normalized spacial score (nSPS) is 19.0. The summed E-state index contributed by atoms with van der Waals surface area (Å²) in [4.78, 5) is 13.2. The second-order valence-electron chi connectivity index (χ2n) is 9.45. The van der Waals surface area contributed by atoms with E-state index < -0.39 is 17.5 Å². The number of aliphatic hydroxyl groups excluding tert-OH is 1. The van der Waals surface area contributed by atoms with Crippen molar-refractivity contribution in [2.24, 2.45) is 0 Å². The van der Waals surface area contributed by atoms with Crippen LogP contribution in [0.1, 0.15) is 51.2 Å². The van der Waals surface area contributed by atoms with E-state index in [2.05, 4.69) is 20.3 Å². The third-order valence-electron chi connectivity index (χ3n) is 6.09.